The second kappa shape index (κ2) is 5.25. The van der Waals surface area contributed by atoms with Crippen molar-refractivity contribution in [2.75, 3.05) is 0 Å². The van der Waals surface area contributed by atoms with Gasteiger partial charge >= 0.3 is 0 Å². The van der Waals surface area contributed by atoms with E-state index in [1.165, 1.54) is 0 Å². The summed E-state index contributed by atoms with van der Waals surface area (Å²) >= 11 is 0. The van der Waals surface area contributed by atoms with E-state index in [1.54, 1.807) is 49.9 Å². The molecule has 0 spiro atoms. The van der Waals surface area contributed by atoms with Crippen molar-refractivity contribution in [3.63, 3.8) is 0 Å². The number of hydrogen-bond acceptors (Lipinski definition) is 0. The monoisotopic (exact) mass is 318 g/mol. The first-order chi connectivity index (χ1) is 9.52. The SMILES string of the molecule is C[Si](C)(C)[Si]12CCCC[Si]1(c1ccccc1)CCCC2. The quantitative estimate of drug-likeness (QED) is 0.682. The van der Waals surface area contributed by atoms with E-state index in [0.29, 0.717) is 0 Å². The third-order valence-electron chi connectivity index (χ3n) is 6.59. The summed E-state index contributed by atoms with van der Waals surface area (Å²) in [6.45, 7) is 8.21. The molecule has 1 aromatic rings. The fourth-order valence-corrected chi connectivity index (χ4v) is 52.8. The summed E-state index contributed by atoms with van der Waals surface area (Å²) in [5.74, 6) is 0. The highest BCUT2D eigenvalue weighted by Gasteiger charge is 2.62. The highest BCUT2D eigenvalue weighted by molar-refractivity contribution is 7.72. The van der Waals surface area contributed by atoms with Gasteiger partial charge in [-0.2, -0.15) is 0 Å². The van der Waals surface area contributed by atoms with Crippen LogP contribution in [-0.2, 0) is 0 Å². The van der Waals surface area contributed by atoms with Crippen LogP contribution in [0.4, 0.5) is 0 Å². The van der Waals surface area contributed by atoms with Gasteiger partial charge in [-0.15, -0.1) is 0 Å². The molecule has 110 valence electrons. The molecule has 0 saturated carbocycles. The van der Waals surface area contributed by atoms with E-state index in [-0.39, 0.29) is 0 Å². The largest absolute Gasteiger partial charge is 0.0778 e. The van der Waals surface area contributed by atoms with Gasteiger partial charge < -0.3 is 0 Å². The summed E-state index contributed by atoms with van der Waals surface area (Å²) in [5, 5.41) is 1.87. The van der Waals surface area contributed by atoms with Crippen molar-refractivity contribution in [1.29, 1.82) is 0 Å². The molecule has 2 fully saturated rings. The van der Waals surface area contributed by atoms with E-state index in [2.05, 4.69) is 50.0 Å². The number of benzene rings is 1. The first kappa shape index (κ1) is 14.8. The van der Waals surface area contributed by atoms with Crippen molar-refractivity contribution in [1.82, 2.24) is 0 Å². The van der Waals surface area contributed by atoms with E-state index in [1.807, 2.05) is 5.19 Å². The lowest BCUT2D eigenvalue weighted by Gasteiger charge is -2.60. The maximum Gasteiger partial charge on any atom is 0.0778 e. The Morgan fingerprint density at radius 1 is 0.750 bits per heavy atom. The van der Waals surface area contributed by atoms with Gasteiger partial charge in [-0.3, -0.25) is 0 Å². The van der Waals surface area contributed by atoms with Gasteiger partial charge in [0.2, 0.25) is 0 Å². The summed E-state index contributed by atoms with van der Waals surface area (Å²) in [5.41, 5.74) is 0. The Balaban J connectivity index is 2.16. The molecule has 0 amide bonds. The Morgan fingerprint density at radius 2 is 1.25 bits per heavy atom. The molecule has 1 aromatic carbocycles. The van der Waals surface area contributed by atoms with Crippen molar-refractivity contribution < 1.29 is 0 Å². The topological polar surface area (TPSA) is 0 Å². The molecule has 0 unspecified atom stereocenters. The second-order valence-corrected chi connectivity index (χ2v) is 34.2. The summed E-state index contributed by atoms with van der Waals surface area (Å²) in [7, 11) is -3.17. The Kier molecular flexibility index (Phi) is 3.89. The summed E-state index contributed by atoms with van der Waals surface area (Å²) in [6, 6.07) is 18.6. The first-order valence-corrected chi connectivity index (χ1v) is 18.9. The molecule has 0 bridgehead atoms. The fourth-order valence-electron chi connectivity index (χ4n) is 5.70. The van der Waals surface area contributed by atoms with Crippen LogP contribution in [0.5, 0.6) is 0 Å². The maximum absolute atomic E-state index is 2.74. The molecule has 3 rings (SSSR count). The van der Waals surface area contributed by atoms with Crippen molar-refractivity contribution in [3.05, 3.63) is 30.3 Å². The minimum absolute atomic E-state index is 0.994. The van der Waals surface area contributed by atoms with Crippen molar-refractivity contribution >= 4 is 27.5 Å². The third-order valence-corrected chi connectivity index (χ3v) is 48.1. The third kappa shape index (κ3) is 2.05. The number of fused-ring (bicyclic) bond motifs is 1. The lowest BCUT2D eigenvalue weighted by Crippen LogP contribution is -2.81. The average Bonchev–Trinajstić information content (AvgIpc) is 2.47. The molecule has 2 aliphatic rings. The van der Waals surface area contributed by atoms with Crippen LogP contribution < -0.4 is 5.19 Å². The standard InChI is InChI=1S/C17H30Si3/c1-18(2,3)20-15-9-7-13-19(20,14-8-10-16-20)17-11-5-4-6-12-17/h4-6,11-12H,7-10,13-16H2,1-3H3. The van der Waals surface area contributed by atoms with Gasteiger partial charge in [0.1, 0.15) is 0 Å². The van der Waals surface area contributed by atoms with Crippen LogP contribution in [0.15, 0.2) is 30.3 Å². The van der Waals surface area contributed by atoms with Gasteiger partial charge in [-0.05, 0) is 0 Å². The Labute approximate surface area is 127 Å². The normalized spacial score (nSPS) is 34.5. The van der Waals surface area contributed by atoms with E-state index < -0.39 is 22.3 Å². The molecule has 2 saturated heterocycles. The van der Waals surface area contributed by atoms with Gasteiger partial charge in [0.15, 0.2) is 0 Å². The number of rotatable bonds is 2. The van der Waals surface area contributed by atoms with Gasteiger partial charge in [0.25, 0.3) is 0 Å². The molecular formula is C17H30Si3. The predicted molar refractivity (Wildman–Crippen MR) is 98.6 cm³/mol. The van der Waals surface area contributed by atoms with Crippen LogP contribution in [0.1, 0.15) is 25.7 Å². The van der Waals surface area contributed by atoms with Crippen LogP contribution in [0.25, 0.3) is 0 Å². The maximum atomic E-state index is 2.74. The van der Waals surface area contributed by atoms with Gasteiger partial charge in [0, 0.05) is 14.7 Å². The van der Waals surface area contributed by atoms with Crippen molar-refractivity contribution in [3.8, 4) is 0 Å². The lowest BCUT2D eigenvalue weighted by molar-refractivity contribution is 0.775. The Morgan fingerprint density at radius 3 is 1.75 bits per heavy atom. The van der Waals surface area contributed by atoms with Crippen LogP contribution >= 0.6 is 0 Å². The van der Waals surface area contributed by atoms with Gasteiger partial charge in [-0.1, -0.05) is 105 Å². The molecule has 0 N–H and O–H groups in total. The van der Waals surface area contributed by atoms with E-state index in [0.717, 1.165) is 0 Å². The van der Waals surface area contributed by atoms with E-state index in [9.17, 15) is 0 Å². The molecule has 0 radical (unpaired) electrons. The van der Waals surface area contributed by atoms with Crippen LogP contribution in [0, 0.1) is 0 Å². The summed E-state index contributed by atoms with van der Waals surface area (Å²) in [4.78, 5) is 0. The molecule has 2 heterocycles. The Hall–Kier alpha value is -0.129. The molecular weight excluding hydrogens is 288 g/mol. The van der Waals surface area contributed by atoms with Gasteiger partial charge in [-0.25, -0.2) is 0 Å². The zero-order valence-corrected chi connectivity index (χ0v) is 16.5. The zero-order chi connectivity index (χ0) is 14.3. The van der Waals surface area contributed by atoms with Gasteiger partial charge in [0.05, 0.1) is 7.59 Å². The minimum atomic E-state index is -1.16. The second-order valence-electron chi connectivity index (χ2n) is 8.19. The summed E-state index contributed by atoms with van der Waals surface area (Å²) in [6.07, 6.45) is 6.22. The highest BCUT2D eigenvalue weighted by Crippen LogP contribution is 2.49. The smallest absolute Gasteiger partial charge is 0.0716 e. The fraction of sp³-hybridized carbons (Fsp3) is 0.647. The van der Waals surface area contributed by atoms with Crippen molar-refractivity contribution in [2.45, 2.75) is 69.5 Å². The van der Waals surface area contributed by atoms with Crippen molar-refractivity contribution in [2.24, 2.45) is 0 Å². The highest BCUT2D eigenvalue weighted by atomic mass is 29.6. The van der Waals surface area contributed by atoms with E-state index in [4.69, 9.17) is 0 Å². The molecule has 0 nitrogen and oxygen atoms in total. The van der Waals surface area contributed by atoms with Crippen LogP contribution in [0.3, 0.4) is 0 Å². The minimum Gasteiger partial charge on any atom is -0.0716 e. The average molecular weight is 319 g/mol. The Bertz CT molecular complexity index is 449. The zero-order valence-electron chi connectivity index (χ0n) is 13.5. The molecule has 3 heteroatoms. The molecule has 20 heavy (non-hydrogen) atoms. The summed E-state index contributed by atoms with van der Waals surface area (Å²) < 4.78 is 0. The predicted octanol–water partition coefficient (Wildman–Crippen LogP) is 4.87. The number of hydrogen-bond donors (Lipinski definition) is 0. The van der Waals surface area contributed by atoms with Crippen LogP contribution in [0.2, 0.25) is 43.8 Å². The molecule has 0 aromatic heterocycles. The lowest BCUT2D eigenvalue weighted by atomic mass is 10.3. The molecule has 0 atom stereocenters. The first-order valence-electron chi connectivity index (χ1n) is 8.57. The van der Waals surface area contributed by atoms with Crippen LogP contribution in [-0.4, -0.2) is 22.3 Å². The molecule has 0 aliphatic carbocycles. The molecule has 2 aliphatic heterocycles. The van der Waals surface area contributed by atoms with E-state index >= 15 is 0 Å².